The smallest absolute Gasteiger partial charge is 0.302 e. The summed E-state index contributed by atoms with van der Waals surface area (Å²) in [6.45, 7) is 21.7. The Hall–Kier alpha value is -3.70. The highest BCUT2D eigenvalue weighted by Gasteiger charge is 2.46. The van der Waals surface area contributed by atoms with Crippen molar-refractivity contribution in [3.8, 4) is 0 Å². The van der Waals surface area contributed by atoms with Crippen molar-refractivity contribution in [2.75, 3.05) is 0 Å². The number of aliphatic hydroxyl groups is 3. The Morgan fingerprint density at radius 2 is 1.37 bits per heavy atom. The summed E-state index contributed by atoms with van der Waals surface area (Å²) < 4.78 is 5.41. The van der Waals surface area contributed by atoms with Gasteiger partial charge < -0.3 is 20.1 Å². The molecule has 3 N–H and O–H groups in total. The SMILES string of the molecule is CC(=O)O[C@@H]1CC(C)(C)C(=C=C/C(C)=C/C=C/C(C)=C/C=C/C=C(C)/C=C(O)/C=C(C=O)/C=C/C2C(C)(C)CC(O)CC2(C)C)[C@](C)(O)C1. The van der Waals surface area contributed by atoms with E-state index in [1.807, 2.05) is 89.3 Å². The van der Waals surface area contributed by atoms with Crippen molar-refractivity contribution in [1.29, 1.82) is 0 Å². The molecule has 2 rings (SSSR count). The zero-order chi connectivity index (χ0) is 37.2. The van der Waals surface area contributed by atoms with E-state index in [4.69, 9.17) is 4.74 Å². The zero-order valence-electron chi connectivity index (χ0n) is 31.6. The van der Waals surface area contributed by atoms with Crippen LogP contribution in [0.15, 0.2) is 112 Å². The first-order valence-electron chi connectivity index (χ1n) is 17.3. The quantitative estimate of drug-likeness (QED) is 0.0505. The van der Waals surface area contributed by atoms with E-state index in [1.165, 1.54) is 13.0 Å². The van der Waals surface area contributed by atoms with E-state index in [9.17, 15) is 24.9 Å². The van der Waals surface area contributed by atoms with Crippen LogP contribution in [0, 0.1) is 22.2 Å². The van der Waals surface area contributed by atoms with Crippen LogP contribution >= 0.6 is 0 Å². The number of esters is 1. The number of allylic oxidation sites excluding steroid dienone is 15. The van der Waals surface area contributed by atoms with Gasteiger partial charge in [-0.15, -0.1) is 5.73 Å². The van der Waals surface area contributed by atoms with Crippen LogP contribution in [0.25, 0.3) is 0 Å². The van der Waals surface area contributed by atoms with Gasteiger partial charge in [-0.2, -0.15) is 0 Å². The van der Waals surface area contributed by atoms with Gasteiger partial charge in [-0.3, -0.25) is 9.59 Å². The van der Waals surface area contributed by atoms with Crippen LogP contribution in [-0.2, 0) is 14.3 Å². The first-order valence-corrected chi connectivity index (χ1v) is 17.3. The lowest BCUT2D eigenvalue weighted by Crippen LogP contribution is -2.46. The van der Waals surface area contributed by atoms with Crippen molar-refractivity contribution in [2.24, 2.45) is 22.2 Å². The molecule has 0 amide bonds. The Morgan fingerprint density at radius 3 is 1.92 bits per heavy atom. The molecule has 0 aromatic carbocycles. The third kappa shape index (κ3) is 13.3. The first-order chi connectivity index (χ1) is 22.6. The molecule has 0 saturated heterocycles. The van der Waals surface area contributed by atoms with E-state index in [1.54, 1.807) is 19.1 Å². The highest BCUT2D eigenvalue weighted by molar-refractivity contribution is 5.78. The van der Waals surface area contributed by atoms with E-state index in [-0.39, 0.29) is 46.1 Å². The van der Waals surface area contributed by atoms with Gasteiger partial charge >= 0.3 is 5.97 Å². The Bertz CT molecular complexity index is 1480. The Morgan fingerprint density at radius 1 is 0.796 bits per heavy atom. The Labute approximate surface area is 295 Å². The fourth-order valence-electron chi connectivity index (χ4n) is 7.68. The van der Waals surface area contributed by atoms with E-state index in [0.717, 1.165) is 28.6 Å². The topological polar surface area (TPSA) is 104 Å². The second-order valence-electron chi connectivity index (χ2n) is 16.1. The third-order valence-electron chi connectivity index (χ3n) is 9.42. The van der Waals surface area contributed by atoms with Crippen molar-refractivity contribution in [3.05, 3.63) is 112 Å². The number of carbonyl (C=O) groups excluding carboxylic acids is 2. The standard InChI is InChI=1S/C43H60O6/c1-30(17-14-18-31(2)19-21-39-42(9,10)27-37(49-33(4)45)28-43(39,11)48)15-12-13-16-32(3)23-35(46)24-34(29-44)20-22-38-40(5,6)25-36(47)26-41(38,7)8/h12-20,22-24,29,36-38,46-48H,25-28H2,1-11H3/b13-12+,17-14+,22-20+,30-15+,31-18+,32-16+,34-24-,35-23-/t21?,36?,37-,38?,43-/m1/s1. The van der Waals surface area contributed by atoms with Crippen LogP contribution in [0.5, 0.6) is 0 Å². The highest BCUT2D eigenvalue weighted by Crippen LogP contribution is 2.51. The van der Waals surface area contributed by atoms with E-state index >= 15 is 0 Å². The third-order valence-corrected chi connectivity index (χ3v) is 9.42. The van der Waals surface area contributed by atoms with Crippen molar-refractivity contribution < 1.29 is 29.6 Å². The molecule has 2 saturated carbocycles. The van der Waals surface area contributed by atoms with Gasteiger partial charge in [0.15, 0.2) is 0 Å². The maximum absolute atomic E-state index is 11.8. The average Bonchev–Trinajstić information content (AvgIpc) is 2.91. The summed E-state index contributed by atoms with van der Waals surface area (Å²) in [6.07, 6.45) is 24.9. The lowest BCUT2D eigenvalue weighted by molar-refractivity contribution is -0.152. The van der Waals surface area contributed by atoms with Crippen molar-refractivity contribution in [1.82, 2.24) is 0 Å². The maximum Gasteiger partial charge on any atom is 0.302 e. The second-order valence-corrected chi connectivity index (χ2v) is 16.1. The molecular formula is C43H60O6. The molecule has 6 heteroatoms. The lowest BCUT2D eigenvalue weighted by Gasteiger charge is -2.50. The molecule has 0 heterocycles. The van der Waals surface area contributed by atoms with Crippen molar-refractivity contribution >= 4 is 12.3 Å². The van der Waals surface area contributed by atoms with Crippen LogP contribution in [0.2, 0.25) is 0 Å². The predicted molar refractivity (Wildman–Crippen MR) is 201 cm³/mol. The molecule has 2 fully saturated rings. The van der Waals surface area contributed by atoms with Gasteiger partial charge in [-0.25, -0.2) is 0 Å². The number of hydrogen-bond acceptors (Lipinski definition) is 6. The molecule has 2 aliphatic rings. The minimum atomic E-state index is -1.12. The number of ether oxygens (including phenoxy) is 1. The minimum Gasteiger partial charge on any atom is -0.508 e. The van der Waals surface area contributed by atoms with Gasteiger partial charge in [0.05, 0.1) is 11.7 Å². The fourth-order valence-corrected chi connectivity index (χ4v) is 7.68. The number of aldehydes is 1. The monoisotopic (exact) mass is 672 g/mol. The maximum atomic E-state index is 11.8. The molecule has 0 aromatic rings. The zero-order valence-corrected chi connectivity index (χ0v) is 31.6. The first kappa shape index (κ1) is 41.5. The van der Waals surface area contributed by atoms with Crippen LogP contribution in [0.3, 0.4) is 0 Å². The summed E-state index contributed by atoms with van der Waals surface area (Å²) in [4.78, 5) is 23.2. The lowest BCUT2D eigenvalue weighted by atomic mass is 9.56. The molecule has 268 valence electrons. The number of rotatable bonds is 11. The molecule has 0 unspecified atom stereocenters. The highest BCUT2D eigenvalue weighted by atomic mass is 16.5. The molecule has 0 radical (unpaired) electrons. The normalized spacial score (nSPS) is 28.2. The van der Waals surface area contributed by atoms with Gasteiger partial charge in [0, 0.05) is 24.5 Å². The molecular weight excluding hydrogens is 612 g/mol. The van der Waals surface area contributed by atoms with Crippen LogP contribution in [0.4, 0.5) is 0 Å². The summed E-state index contributed by atoms with van der Waals surface area (Å²) in [6, 6.07) is 0. The molecule has 2 atom stereocenters. The molecule has 49 heavy (non-hydrogen) atoms. The molecule has 0 bridgehead atoms. The van der Waals surface area contributed by atoms with Gasteiger partial charge in [-0.05, 0) is 98.5 Å². The van der Waals surface area contributed by atoms with Crippen LogP contribution in [0.1, 0.15) is 102 Å². The largest absolute Gasteiger partial charge is 0.508 e. The Kier molecular flexibility index (Phi) is 14.6. The summed E-state index contributed by atoms with van der Waals surface area (Å²) in [5.41, 5.74) is 5.66. The summed E-state index contributed by atoms with van der Waals surface area (Å²) in [5, 5.41) is 32.0. The van der Waals surface area contributed by atoms with Crippen LogP contribution < -0.4 is 0 Å². The molecule has 6 nitrogen and oxygen atoms in total. The fraction of sp³-hybridized carbons (Fsp3) is 0.512. The molecule has 0 spiro atoms. The van der Waals surface area contributed by atoms with Gasteiger partial charge in [0.2, 0.25) is 0 Å². The molecule has 2 aliphatic carbocycles. The summed E-state index contributed by atoms with van der Waals surface area (Å²) in [5.74, 6) is -0.165. The van der Waals surface area contributed by atoms with E-state index in [0.29, 0.717) is 31.3 Å². The van der Waals surface area contributed by atoms with E-state index in [2.05, 4.69) is 33.4 Å². The molecule has 0 aliphatic heterocycles. The molecule has 0 aromatic heterocycles. The average molecular weight is 673 g/mol. The van der Waals surface area contributed by atoms with Crippen molar-refractivity contribution in [2.45, 2.75) is 120 Å². The second kappa shape index (κ2) is 17.3. The van der Waals surface area contributed by atoms with Crippen molar-refractivity contribution in [3.63, 3.8) is 0 Å². The minimum absolute atomic E-state index is 0.00477. The van der Waals surface area contributed by atoms with Gasteiger partial charge in [0.25, 0.3) is 0 Å². The van der Waals surface area contributed by atoms with Gasteiger partial charge in [0.1, 0.15) is 18.1 Å². The van der Waals surface area contributed by atoms with Gasteiger partial charge in [-0.1, -0.05) is 102 Å². The number of aliphatic hydroxyl groups excluding tert-OH is 2. The summed E-state index contributed by atoms with van der Waals surface area (Å²) in [7, 11) is 0. The Balaban J connectivity index is 2.05. The van der Waals surface area contributed by atoms with Crippen LogP contribution in [-0.4, -0.2) is 45.4 Å². The number of carbonyl (C=O) groups is 2. The predicted octanol–water partition coefficient (Wildman–Crippen LogP) is 9.47. The summed E-state index contributed by atoms with van der Waals surface area (Å²) >= 11 is 0. The van der Waals surface area contributed by atoms with E-state index < -0.39 is 5.60 Å². The number of hydrogen-bond donors (Lipinski definition) is 3.